The third kappa shape index (κ3) is 5.36. The van der Waals surface area contributed by atoms with Crippen molar-refractivity contribution in [3.63, 3.8) is 0 Å². The van der Waals surface area contributed by atoms with Crippen LogP contribution in [0.2, 0.25) is 10.0 Å². The van der Waals surface area contributed by atoms with E-state index >= 15 is 0 Å². The summed E-state index contributed by atoms with van der Waals surface area (Å²) in [7, 11) is 0. The van der Waals surface area contributed by atoms with Crippen molar-refractivity contribution in [3.05, 3.63) is 69.7 Å². The summed E-state index contributed by atoms with van der Waals surface area (Å²) in [6, 6.07) is 12.6. The van der Waals surface area contributed by atoms with E-state index < -0.39 is 29.7 Å². The van der Waals surface area contributed by atoms with Crippen molar-refractivity contribution in [1.29, 1.82) is 0 Å². The number of esters is 2. The molecule has 0 spiro atoms. The molecule has 1 fully saturated rings. The first-order valence-corrected chi connectivity index (χ1v) is 9.30. The second kappa shape index (κ2) is 8.93. The van der Waals surface area contributed by atoms with E-state index in [0.29, 0.717) is 27.6 Å². The second-order valence-corrected chi connectivity index (χ2v) is 7.24. The van der Waals surface area contributed by atoms with Crippen molar-refractivity contribution >= 4 is 46.7 Å². The van der Waals surface area contributed by atoms with Gasteiger partial charge in [-0.25, -0.2) is 9.59 Å². The van der Waals surface area contributed by atoms with Gasteiger partial charge in [0.05, 0.1) is 11.1 Å². The molecule has 0 radical (unpaired) electrons. The van der Waals surface area contributed by atoms with Crippen LogP contribution in [-0.4, -0.2) is 36.3 Å². The Morgan fingerprint density at radius 2 is 1.44 bits per heavy atom. The van der Waals surface area contributed by atoms with Gasteiger partial charge in [0, 0.05) is 16.5 Å². The fourth-order valence-electron chi connectivity index (χ4n) is 2.56. The number of hydrogen-bond donors (Lipinski definition) is 0. The zero-order valence-electron chi connectivity index (χ0n) is 13.9. The molecule has 0 N–H and O–H groups in total. The molecule has 0 aliphatic carbocycles. The predicted molar refractivity (Wildman–Crippen MR) is 102 cm³/mol. The standard InChI is InChI=1S/C19H15Cl3O5/c20-13-5-1-11(2-6-13)18(23)25-10-16-15(9-17(22)26-16)27-19(24)12-3-7-14(21)8-4-12/h1-8,15-17H,9-10H2/t15-,16?,17+/m1/s1. The Kier molecular flexibility index (Phi) is 6.60. The SMILES string of the molecule is O=C(OCC1O[C@H](Cl)C[C@H]1OC(=O)c1ccc(Cl)cc1)c1ccc(Cl)cc1. The molecule has 1 saturated heterocycles. The highest BCUT2D eigenvalue weighted by Crippen LogP contribution is 2.27. The molecule has 1 unspecified atom stereocenters. The molecule has 0 bridgehead atoms. The number of rotatable bonds is 5. The zero-order chi connectivity index (χ0) is 19.4. The first kappa shape index (κ1) is 20.0. The molecule has 3 rings (SSSR count). The average Bonchev–Trinajstić information content (AvgIpc) is 3.00. The number of alkyl halides is 1. The largest absolute Gasteiger partial charge is 0.459 e. The molecule has 2 aromatic carbocycles. The number of halogens is 3. The Hall–Kier alpha value is -1.79. The van der Waals surface area contributed by atoms with E-state index in [2.05, 4.69) is 0 Å². The Labute approximate surface area is 171 Å². The maximum atomic E-state index is 12.3. The van der Waals surface area contributed by atoms with E-state index in [-0.39, 0.29) is 6.61 Å². The Morgan fingerprint density at radius 1 is 0.926 bits per heavy atom. The van der Waals surface area contributed by atoms with E-state index in [0.717, 1.165) is 0 Å². The van der Waals surface area contributed by atoms with Crippen LogP contribution < -0.4 is 0 Å². The van der Waals surface area contributed by atoms with Gasteiger partial charge in [0.15, 0.2) is 0 Å². The summed E-state index contributed by atoms with van der Waals surface area (Å²) in [5.41, 5.74) is 0.0797. The van der Waals surface area contributed by atoms with Gasteiger partial charge in [-0.1, -0.05) is 34.8 Å². The summed E-state index contributed by atoms with van der Waals surface area (Å²) in [6.45, 7) is -0.0940. The van der Waals surface area contributed by atoms with Gasteiger partial charge in [0.1, 0.15) is 24.4 Å². The van der Waals surface area contributed by atoms with Crippen molar-refractivity contribution in [2.24, 2.45) is 0 Å². The second-order valence-electron chi connectivity index (χ2n) is 5.88. The molecule has 0 amide bonds. The summed E-state index contributed by atoms with van der Waals surface area (Å²) in [6.07, 6.45) is -0.988. The molecule has 8 heteroatoms. The Bertz CT molecular complexity index is 807. The molecule has 1 heterocycles. The third-order valence-electron chi connectivity index (χ3n) is 3.95. The molecule has 1 aliphatic heterocycles. The molecule has 0 aromatic heterocycles. The van der Waals surface area contributed by atoms with E-state index in [1.165, 1.54) is 0 Å². The molecule has 1 aliphatic rings. The first-order chi connectivity index (χ1) is 12.9. The lowest BCUT2D eigenvalue weighted by Gasteiger charge is -2.19. The number of ether oxygens (including phenoxy) is 3. The lowest BCUT2D eigenvalue weighted by Crippen LogP contribution is -2.32. The van der Waals surface area contributed by atoms with Crippen LogP contribution >= 0.6 is 34.8 Å². The highest BCUT2D eigenvalue weighted by molar-refractivity contribution is 6.31. The third-order valence-corrected chi connectivity index (χ3v) is 4.74. The van der Waals surface area contributed by atoms with Crippen LogP contribution in [0.15, 0.2) is 48.5 Å². The quantitative estimate of drug-likeness (QED) is 0.508. The minimum Gasteiger partial charge on any atom is -0.459 e. The molecule has 2 aromatic rings. The van der Waals surface area contributed by atoms with Crippen molar-refractivity contribution in [1.82, 2.24) is 0 Å². The lowest BCUT2D eigenvalue weighted by molar-refractivity contribution is -0.0322. The van der Waals surface area contributed by atoms with Gasteiger partial charge in [-0.05, 0) is 48.5 Å². The normalized spacial score (nSPS) is 21.7. The topological polar surface area (TPSA) is 61.8 Å². The van der Waals surface area contributed by atoms with Crippen LogP contribution in [0.3, 0.4) is 0 Å². The van der Waals surface area contributed by atoms with Crippen LogP contribution in [0.25, 0.3) is 0 Å². The van der Waals surface area contributed by atoms with Crippen molar-refractivity contribution in [3.8, 4) is 0 Å². The summed E-state index contributed by atoms with van der Waals surface area (Å²) >= 11 is 17.6. The minimum absolute atomic E-state index is 0.0940. The highest BCUT2D eigenvalue weighted by atomic mass is 35.5. The van der Waals surface area contributed by atoms with E-state index in [4.69, 9.17) is 49.0 Å². The summed E-state index contributed by atoms with van der Waals surface area (Å²) in [4.78, 5) is 24.4. The molecule has 3 atom stereocenters. The van der Waals surface area contributed by atoms with Gasteiger partial charge in [0.25, 0.3) is 0 Å². The molecular weight excluding hydrogens is 415 g/mol. The number of carbonyl (C=O) groups excluding carboxylic acids is 2. The summed E-state index contributed by atoms with van der Waals surface area (Å²) in [5, 5.41) is 1.04. The van der Waals surface area contributed by atoms with E-state index in [1.807, 2.05) is 0 Å². The van der Waals surface area contributed by atoms with Crippen LogP contribution in [0, 0.1) is 0 Å². The monoisotopic (exact) mass is 428 g/mol. The zero-order valence-corrected chi connectivity index (χ0v) is 16.2. The fourth-order valence-corrected chi connectivity index (χ4v) is 3.12. The molecule has 0 saturated carbocycles. The molecule has 5 nitrogen and oxygen atoms in total. The van der Waals surface area contributed by atoms with Crippen LogP contribution in [0.5, 0.6) is 0 Å². The number of carbonyl (C=O) groups is 2. The van der Waals surface area contributed by atoms with Crippen LogP contribution in [0.1, 0.15) is 27.1 Å². The van der Waals surface area contributed by atoms with Gasteiger partial charge in [-0.3, -0.25) is 0 Å². The molecule has 142 valence electrons. The van der Waals surface area contributed by atoms with Gasteiger partial charge in [-0.2, -0.15) is 0 Å². The maximum absolute atomic E-state index is 12.3. The number of hydrogen-bond acceptors (Lipinski definition) is 5. The summed E-state index contributed by atoms with van der Waals surface area (Å²) in [5.74, 6) is -1.06. The fraction of sp³-hybridized carbons (Fsp3) is 0.263. The lowest BCUT2D eigenvalue weighted by atomic mass is 10.2. The van der Waals surface area contributed by atoms with E-state index in [1.54, 1.807) is 48.5 Å². The van der Waals surface area contributed by atoms with Gasteiger partial charge in [-0.15, -0.1) is 0 Å². The highest BCUT2D eigenvalue weighted by Gasteiger charge is 2.38. The van der Waals surface area contributed by atoms with Crippen molar-refractivity contribution < 1.29 is 23.8 Å². The van der Waals surface area contributed by atoms with Crippen molar-refractivity contribution in [2.45, 2.75) is 24.2 Å². The maximum Gasteiger partial charge on any atom is 0.338 e. The van der Waals surface area contributed by atoms with Crippen molar-refractivity contribution in [2.75, 3.05) is 6.61 Å². The molecular formula is C19H15Cl3O5. The smallest absolute Gasteiger partial charge is 0.338 e. The van der Waals surface area contributed by atoms with E-state index in [9.17, 15) is 9.59 Å². The average molecular weight is 430 g/mol. The van der Waals surface area contributed by atoms with Gasteiger partial charge >= 0.3 is 11.9 Å². The van der Waals surface area contributed by atoms with Gasteiger partial charge in [0.2, 0.25) is 0 Å². The molecule has 27 heavy (non-hydrogen) atoms. The Balaban J connectivity index is 1.58. The van der Waals surface area contributed by atoms with Crippen LogP contribution in [-0.2, 0) is 14.2 Å². The first-order valence-electron chi connectivity index (χ1n) is 8.11. The predicted octanol–water partition coefficient (Wildman–Crippen LogP) is 4.73. The Morgan fingerprint density at radius 3 is 2.00 bits per heavy atom. The van der Waals surface area contributed by atoms with Gasteiger partial charge < -0.3 is 14.2 Å². The number of benzene rings is 2. The minimum atomic E-state index is -0.653. The summed E-state index contributed by atoms with van der Waals surface area (Å²) < 4.78 is 16.2. The van der Waals surface area contributed by atoms with Crippen LogP contribution in [0.4, 0.5) is 0 Å².